The maximum atomic E-state index is 11.7. The van der Waals surface area contributed by atoms with Crippen LogP contribution in [-0.4, -0.2) is 25.9 Å². The molecule has 1 aliphatic heterocycles. The van der Waals surface area contributed by atoms with Crippen molar-refractivity contribution in [1.29, 1.82) is 0 Å². The molecule has 0 aromatic heterocycles. The second-order valence-corrected chi connectivity index (χ2v) is 6.02. The molecule has 13 heavy (non-hydrogen) atoms. The van der Waals surface area contributed by atoms with E-state index in [1.165, 1.54) is 0 Å². The van der Waals surface area contributed by atoms with E-state index >= 15 is 0 Å². The topological polar surface area (TPSA) is 54.0 Å². The van der Waals surface area contributed by atoms with E-state index in [9.17, 15) is 4.57 Å². The number of rotatable bonds is 4. The monoisotopic (exact) mass is 228 g/mol. The van der Waals surface area contributed by atoms with E-state index in [2.05, 4.69) is 0 Å². The van der Waals surface area contributed by atoms with Crippen LogP contribution in [0.4, 0.5) is 0 Å². The van der Waals surface area contributed by atoms with Crippen molar-refractivity contribution < 1.29 is 22.7 Å². The highest BCUT2D eigenvalue weighted by Crippen LogP contribution is 2.58. The second-order valence-electron chi connectivity index (χ2n) is 2.39. The van der Waals surface area contributed by atoms with E-state index in [-0.39, 0.29) is 12.7 Å². The van der Waals surface area contributed by atoms with Gasteiger partial charge in [-0.2, -0.15) is 0 Å². The Morgan fingerprint density at radius 3 is 2.38 bits per heavy atom. The molecule has 0 saturated carbocycles. The molecular weight excluding hydrogens is 214 g/mol. The summed E-state index contributed by atoms with van der Waals surface area (Å²) >= 11 is 0. The van der Waals surface area contributed by atoms with Gasteiger partial charge in [-0.25, -0.2) is 0 Å². The molecule has 1 fully saturated rings. The first-order valence-electron chi connectivity index (χ1n) is 4.11. The minimum absolute atomic E-state index is 0.104. The number of hydrogen-bond acceptors (Lipinski definition) is 5. The zero-order valence-electron chi connectivity index (χ0n) is 7.76. The molecule has 1 saturated heterocycles. The van der Waals surface area contributed by atoms with Crippen LogP contribution < -0.4 is 0 Å². The molecular formula is C6H14O5P2. The Hall–Kier alpha value is 0.500. The third kappa shape index (κ3) is 3.62. The van der Waals surface area contributed by atoms with Gasteiger partial charge in [0.2, 0.25) is 0 Å². The quantitative estimate of drug-likeness (QED) is 0.692. The second kappa shape index (κ2) is 5.40. The van der Waals surface area contributed by atoms with Crippen molar-refractivity contribution >= 4 is 16.0 Å². The van der Waals surface area contributed by atoms with E-state index in [1.807, 2.05) is 6.92 Å². The average Bonchev–Trinajstić information content (AvgIpc) is 2.10. The normalized spacial score (nSPS) is 34.8. The fraction of sp³-hybridized carbons (Fsp3) is 1.00. The Balaban J connectivity index is 2.33. The largest absolute Gasteiger partial charge is 0.333 e. The lowest BCUT2D eigenvalue weighted by Gasteiger charge is -2.26. The van der Waals surface area contributed by atoms with Crippen molar-refractivity contribution in [2.75, 3.05) is 25.9 Å². The molecule has 0 amide bonds. The predicted octanol–water partition coefficient (Wildman–Crippen LogP) is 2.53. The molecule has 0 N–H and O–H groups in total. The summed E-state index contributed by atoms with van der Waals surface area (Å²) in [7, 11) is -3.98. The van der Waals surface area contributed by atoms with Gasteiger partial charge in [-0.05, 0) is 13.8 Å². The summed E-state index contributed by atoms with van der Waals surface area (Å²) in [6.45, 7) is 4.59. The van der Waals surface area contributed by atoms with Crippen molar-refractivity contribution in [3.8, 4) is 0 Å². The minimum atomic E-state index is -2.68. The van der Waals surface area contributed by atoms with E-state index in [0.717, 1.165) is 0 Å². The van der Waals surface area contributed by atoms with Crippen LogP contribution in [0.2, 0.25) is 0 Å². The molecule has 5 nitrogen and oxygen atoms in total. The van der Waals surface area contributed by atoms with Gasteiger partial charge in [0.05, 0.1) is 13.2 Å². The van der Waals surface area contributed by atoms with Crippen molar-refractivity contribution in [3.63, 3.8) is 0 Å². The van der Waals surface area contributed by atoms with E-state index in [0.29, 0.717) is 13.2 Å². The molecule has 0 aromatic carbocycles. The molecule has 0 unspecified atom stereocenters. The van der Waals surface area contributed by atoms with Gasteiger partial charge in [-0.15, -0.1) is 0 Å². The third-order valence-electron chi connectivity index (χ3n) is 1.32. The van der Waals surface area contributed by atoms with Gasteiger partial charge in [0.25, 0.3) is 7.37 Å². The lowest BCUT2D eigenvalue weighted by Crippen LogP contribution is -2.10. The minimum Gasteiger partial charge on any atom is -0.326 e. The first-order chi connectivity index (χ1) is 6.20. The van der Waals surface area contributed by atoms with Crippen LogP contribution in [0.3, 0.4) is 0 Å². The molecule has 1 rings (SSSR count). The summed E-state index contributed by atoms with van der Waals surface area (Å²) < 4.78 is 32.1. The van der Waals surface area contributed by atoms with Crippen LogP contribution in [0.1, 0.15) is 13.8 Å². The first kappa shape index (κ1) is 11.6. The van der Waals surface area contributed by atoms with Crippen molar-refractivity contribution in [2.24, 2.45) is 0 Å². The van der Waals surface area contributed by atoms with Crippen molar-refractivity contribution in [2.45, 2.75) is 13.8 Å². The SMILES string of the molecule is CCOP1OCP(=O)(OCC)CO1. The summed E-state index contributed by atoms with van der Waals surface area (Å²) in [5.41, 5.74) is 0. The van der Waals surface area contributed by atoms with Gasteiger partial charge in [0, 0.05) is 0 Å². The van der Waals surface area contributed by atoms with E-state index in [4.69, 9.17) is 18.1 Å². The van der Waals surface area contributed by atoms with Gasteiger partial charge < -0.3 is 18.1 Å². The molecule has 78 valence electrons. The summed E-state index contributed by atoms with van der Waals surface area (Å²) in [6.07, 6.45) is 0.207. The maximum Gasteiger partial charge on any atom is 0.333 e. The Bertz CT molecular complexity index is 185. The summed E-state index contributed by atoms with van der Waals surface area (Å²) in [5, 5.41) is 0. The van der Waals surface area contributed by atoms with E-state index < -0.39 is 16.0 Å². The van der Waals surface area contributed by atoms with Gasteiger partial charge in [0.1, 0.15) is 12.7 Å². The highest BCUT2D eigenvalue weighted by Gasteiger charge is 2.33. The van der Waals surface area contributed by atoms with Crippen LogP contribution >= 0.6 is 16.0 Å². The average molecular weight is 228 g/mol. The maximum absolute atomic E-state index is 11.7. The molecule has 0 atom stereocenters. The predicted molar refractivity (Wildman–Crippen MR) is 49.7 cm³/mol. The fourth-order valence-corrected chi connectivity index (χ4v) is 4.12. The van der Waals surface area contributed by atoms with Crippen LogP contribution in [0, 0.1) is 0 Å². The summed E-state index contributed by atoms with van der Waals surface area (Å²) in [5.74, 6) is 0. The fourth-order valence-electron chi connectivity index (χ4n) is 0.835. The van der Waals surface area contributed by atoms with Gasteiger partial charge in [-0.1, -0.05) is 0 Å². The standard InChI is InChI=1S/C6H14O5P2/c1-3-8-12-9-5-13(7,6-10-12)11-4-2/h3-6H2,1-2H3. The van der Waals surface area contributed by atoms with Crippen LogP contribution in [0.5, 0.6) is 0 Å². The molecule has 0 radical (unpaired) electrons. The molecule has 0 aromatic rings. The molecule has 0 bridgehead atoms. The Kier molecular flexibility index (Phi) is 4.81. The Labute approximate surface area is 79.1 Å². The van der Waals surface area contributed by atoms with Crippen LogP contribution in [0.15, 0.2) is 0 Å². The van der Waals surface area contributed by atoms with Crippen molar-refractivity contribution in [3.05, 3.63) is 0 Å². The molecule has 0 aliphatic carbocycles. The zero-order chi connectivity index (χ0) is 9.73. The summed E-state index contributed by atoms with van der Waals surface area (Å²) in [6, 6.07) is 0. The third-order valence-corrected chi connectivity index (χ3v) is 4.65. The highest BCUT2D eigenvalue weighted by atomic mass is 31.2. The van der Waals surface area contributed by atoms with Gasteiger partial charge in [-0.3, -0.25) is 4.57 Å². The van der Waals surface area contributed by atoms with Crippen LogP contribution in [0.25, 0.3) is 0 Å². The Morgan fingerprint density at radius 2 is 1.92 bits per heavy atom. The molecule has 1 heterocycles. The highest BCUT2D eigenvalue weighted by molar-refractivity contribution is 7.60. The van der Waals surface area contributed by atoms with Crippen molar-refractivity contribution in [1.82, 2.24) is 0 Å². The van der Waals surface area contributed by atoms with E-state index in [1.54, 1.807) is 6.92 Å². The molecule has 1 aliphatic rings. The Morgan fingerprint density at radius 1 is 1.31 bits per heavy atom. The van der Waals surface area contributed by atoms with Gasteiger partial charge in [0.15, 0.2) is 0 Å². The zero-order valence-corrected chi connectivity index (χ0v) is 9.55. The lowest BCUT2D eigenvalue weighted by atomic mass is 10.9. The smallest absolute Gasteiger partial charge is 0.326 e. The van der Waals surface area contributed by atoms with Gasteiger partial charge >= 0.3 is 8.60 Å². The lowest BCUT2D eigenvalue weighted by molar-refractivity contribution is 0.161. The molecule has 7 heteroatoms. The summed E-state index contributed by atoms with van der Waals surface area (Å²) in [4.78, 5) is 0. The van der Waals surface area contributed by atoms with Crippen LogP contribution in [-0.2, 0) is 22.7 Å². The first-order valence-corrected chi connectivity index (χ1v) is 7.20. The molecule has 0 spiro atoms. The number of hydrogen-bond donors (Lipinski definition) is 0.